The van der Waals surface area contributed by atoms with E-state index in [0.29, 0.717) is 17.5 Å². The van der Waals surface area contributed by atoms with Gasteiger partial charge in [-0.15, -0.1) is 0 Å². The van der Waals surface area contributed by atoms with Gasteiger partial charge in [0.1, 0.15) is 0 Å². The molecule has 0 aromatic heterocycles. The van der Waals surface area contributed by atoms with Crippen LogP contribution in [-0.2, 0) is 4.74 Å². The van der Waals surface area contributed by atoms with Crippen LogP contribution in [0.25, 0.3) is 0 Å². The molecule has 0 aromatic carbocycles. The monoisotopic (exact) mass is 171 g/mol. The largest absolute Gasteiger partial charge is 0.378 e. The number of rotatable bonds is 1. The van der Waals surface area contributed by atoms with Gasteiger partial charge in [0, 0.05) is 12.1 Å². The zero-order valence-electron chi connectivity index (χ0n) is 8.68. The molecule has 1 fully saturated rings. The molecule has 1 saturated heterocycles. The van der Waals surface area contributed by atoms with Gasteiger partial charge in [0.15, 0.2) is 0 Å². The van der Waals surface area contributed by atoms with Gasteiger partial charge in [0.2, 0.25) is 0 Å². The third-order valence-corrected chi connectivity index (χ3v) is 2.07. The van der Waals surface area contributed by atoms with Crippen LogP contribution in [0.5, 0.6) is 0 Å². The standard InChI is InChI=1S/C10H21NO/c1-8-6-12-7-9(11-8)5-10(2,3)4/h8-9,11H,5-7H2,1-4H3. The molecule has 0 aromatic rings. The van der Waals surface area contributed by atoms with E-state index in [1.165, 1.54) is 6.42 Å². The van der Waals surface area contributed by atoms with Crippen molar-refractivity contribution in [3.8, 4) is 0 Å². The zero-order valence-corrected chi connectivity index (χ0v) is 8.68. The lowest BCUT2D eigenvalue weighted by Crippen LogP contribution is -2.48. The molecule has 1 rings (SSSR count). The molecular formula is C10H21NO. The average molecular weight is 171 g/mol. The maximum Gasteiger partial charge on any atom is 0.0620 e. The van der Waals surface area contributed by atoms with E-state index in [9.17, 15) is 0 Å². The topological polar surface area (TPSA) is 21.3 Å². The second-order valence-corrected chi connectivity index (χ2v) is 5.07. The molecule has 2 heteroatoms. The molecule has 0 aliphatic carbocycles. The third kappa shape index (κ3) is 3.55. The van der Waals surface area contributed by atoms with Gasteiger partial charge in [0.05, 0.1) is 13.2 Å². The molecule has 2 unspecified atom stereocenters. The van der Waals surface area contributed by atoms with E-state index in [1.54, 1.807) is 0 Å². The minimum atomic E-state index is 0.401. The predicted molar refractivity (Wildman–Crippen MR) is 51.3 cm³/mol. The Hall–Kier alpha value is -0.0800. The molecular weight excluding hydrogens is 150 g/mol. The minimum absolute atomic E-state index is 0.401. The summed E-state index contributed by atoms with van der Waals surface area (Å²) >= 11 is 0. The van der Waals surface area contributed by atoms with Gasteiger partial charge in [-0.1, -0.05) is 20.8 Å². The molecule has 1 aliphatic rings. The first-order chi connectivity index (χ1) is 5.47. The molecule has 72 valence electrons. The molecule has 0 spiro atoms. The minimum Gasteiger partial charge on any atom is -0.378 e. The summed E-state index contributed by atoms with van der Waals surface area (Å²) in [5, 5.41) is 3.55. The van der Waals surface area contributed by atoms with Crippen molar-refractivity contribution in [2.45, 2.75) is 46.2 Å². The Morgan fingerprint density at radius 3 is 2.50 bits per heavy atom. The van der Waals surface area contributed by atoms with Crippen molar-refractivity contribution in [3.05, 3.63) is 0 Å². The number of nitrogens with one attached hydrogen (secondary N) is 1. The normalized spacial score (nSPS) is 32.0. The highest BCUT2D eigenvalue weighted by Gasteiger charge is 2.23. The van der Waals surface area contributed by atoms with E-state index >= 15 is 0 Å². The Bertz CT molecular complexity index is 139. The highest BCUT2D eigenvalue weighted by Crippen LogP contribution is 2.22. The number of hydrogen-bond donors (Lipinski definition) is 1. The molecule has 2 atom stereocenters. The molecule has 0 saturated carbocycles. The van der Waals surface area contributed by atoms with Crippen LogP contribution in [0.4, 0.5) is 0 Å². The summed E-state index contributed by atoms with van der Waals surface area (Å²) in [7, 11) is 0. The van der Waals surface area contributed by atoms with E-state index in [-0.39, 0.29) is 0 Å². The van der Waals surface area contributed by atoms with Crippen molar-refractivity contribution in [2.75, 3.05) is 13.2 Å². The maximum atomic E-state index is 5.48. The zero-order chi connectivity index (χ0) is 9.19. The van der Waals surface area contributed by atoms with Crippen LogP contribution in [0.3, 0.4) is 0 Å². The SMILES string of the molecule is CC1COCC(CC(C)(C)C)N1. The Morgan fingerprint density at radius 2 is 2.00 bits per heavy atom. The summed E-state index contributed by atoms with van der Waals surface area (Å²) < 4.78 is 5.48. The summed E-state index contributed by atoms with van der Waals surface area (Å²) in [5.74, 6) is 0. The first-order valence-corrected chi connectivity index (χ1v) is 4.81. The van der Waals surface area contributed by atoms with E-state index in [0.717, 1.165) is 13.2 Å². The quantitative estimate of drug-likeness (QED) is 0.649. The van der Waals surface area contributed by atoms with Crippen LogP contribution in [0, 0.1) is 5.41 Å². The fourth-order valence-corrected chi connectivity index (χ4v) is 1.74. The highest BCUT2D eigenvalue weighted by atomic mass is 16.5. The van der Waals surface area contributed by atoms with E-state index < -0.39 is 0 Å². The van der Waals surface area contributed by atoms with Crippen LogP contribution < -0.4 is 5.32 Å². The lowest BCUT2D eigenvalue weighted by molar-refractivity contribution is 0.0381. The number of ether oxygens (including phenoxy) is 1. The van der Waals surface area contributed by atoms with Gasteiger partial charge in [-0.2, -0.15) is 0 Å². The lowest BCUT2D eigenvalue weighted by Gasteiger charge is -2.33. The molecule has 12 heavy (non-hydrogen) atoms. The Morgan fingerprint density at radius 1 is 1.33 bits per heavy atom. The number of hydrogen-bond acceptors (Lipinski definition) is 2. The summed E-state index contributed by atoms with van der Waals surface area (Å²) in [6.07, 6.45) is 1.19. The first-order valence-electron chi connectivity index (χ1n) is 4.81. The van der Waals surface area contributed by atoms with Crippen molar-refractivity contribution >= 4 is 0 Å². The van der Waals surface area contributed by atoms with Crippen molar-refractivity contribution in [2.24, 2.45) is 5.41 Å². The number of morpholine rings is 1. The van der Waals surface area contributed by atoms with Gasteiger partial charge in [-0.25, -0.2) is 0 Å². The van der Waals surface area contributed by atoms with Crippen LogP contribution in [0.15, 0.2) is 0 Å². The van der Waals surface area contributed by atoms with Gasteiger partial charge in [0.25, 0.3) is 0 Å². The third-order valence-electron chi connectivity index (χ3n) is 2.07. The van der Waals surface area contributed by atoms with Crippen molar-refractivity contribution in [1.29, 1.82) is 0 Å². The highest BCUT2D eigenvalue weighted by molar-refractivity contribution is 4.79. The molecule has 1 heterocycles. The van der Waals surface area contributed by atoms with Gasteiger partial charge in [-0.05, 0) is 18.8 Å². The Balaban J connectivity index is 2.32. The molecule has 0 bridgehead atoms. The van der Waals surface area contributed by atoms with E-state index in [2.05, 4.69) is 33.0 Å². The Kier molecular flexibility index (Phi) is 3.13. The molecule has 2 nitrogen and oxygen atoms in total. The summed E-state index contributed by atoms with van der Waals surface area (Å²) in [6.45, 7) is 10.7. The van der Waals surface area contributed by atoms with Gasteiger partial charge in [-0.3, -0.25) is 0 Å². The van der Waals surface area contributed by atoms with Crippen molar-refractivity contribution in [1.82, 2.24) is 5.32 Å². The molecule has 0 radical (unpaired) electrons. The van der Waals surface area contributed by atoms with Gasteiger partial charge < -0.3 is 10.1 Å². The predicted octanol–water partition coefficient (Wildman–Crippen LogP) is 1.80. The summed E-state index contributed by atoms with van der Waals surface area (Å²) in [5.41, 5.74) is 0.401. The molecule has 1 N–H and O–H groups in total. The second kappa shape index (κ2) is 3.75. The second-order valence-electron chi connectivity index (χ2n) is 5.07. The summed E-state index contributed by atoms with van der Waals surface area (Å²) in [4.78, 5) is 0. The van der Waals surface area contributed by atoms with Gasteiger partial charge >= 0.3 is 0 Å². The maximum absolute atomic E-state index is 5.48. The average Bonchev–Trinajstić information content (AvgIpc) is 1.82. The fourth-order valence-electron chi connectivity index (χ4n) is 1.74. The molecule has 0 amide bonds. The molecule has 1 aliphatic heterocycles. The van der Waals surface area contributed by atoms with E-state index in [4.69, 9.17) is 4.74 Å². The Labute approximate surface area is 75.7 Å². The lowest BCUT2D eigenvalue weighted by atomic mass is 9.88. The van der Waals surface area contributed by atoms with Crippen LogP contribution in [0.1, 0.15) is 34.1 Å². The smallest absolute Gasteiger partial charge is 0.0620 e. The fraction of sp³-hybridized carbons (Fsp3) is 1.00. The van der Waals surface area contributed by atoms with Crippen LogP contribution in [-0.4, -0.2) is 25.3 Å². The first kappa shape index (κ1) is 10.0. The van der Waals surface area contributed by atoms with Crippen molar-refractivity contribution < 1.29 is 4.74 Å². The van der Waals surface area contributed by atoms with Crippen LogP contribution in [0.2, 0.25) is 0 Å². The van der Waals surface area contributed by atoms with Crippen LogP contribution >= 0.6 is 0 Å². The van der Waals surface area contributed by atoms with Crippen molar-refractivity contribution in [3.63, 3.8) is 0 Å². The van der Waals surface area contributed by atoms with E-state index in [1.807, 2.05) is 0 Å². The summed E-state index contributed by atoms with van der Waals surface area (Å²) in [6, 6.07) is 1.07.